The molecule has 2 aliphatic rings. The van der Waals surface area contributed by atoms with Gasteiger partial charge in [-0.3, -0.25) is 4.79 Å². The summed E-state index contributed by atoms with van der Waals surface area (Å²) in [5, 5.41) is 3.48. The SMILES string of the molecule is O=C(Nc1ccc(N2CCCC2)cc1)C1CCN(S(=O)(=O)c2ccc(Cl)cc2)CC1. The highest BCUT2D eigenvalue weighted by Crippen LogP contribution is 2.26. The molecule has 0 bridgehead atoms. The van der Waals surface area contributed by atoms with E-state index in [1.165, 1.54) is 35.0 Å². The highest BCUT2D eigenvalue weighted by Gasteiger charge is 2.32. The smallest absolute Gasteiger partial charge is 0.243 e. The summed E-state index contributed by atoms with van der Waals surface area (Å²) in [4.78, 5) is 15.2. The van der Waals surface area contributed by atoms with Crippen molar-refractivity contribution < 1.29 is 13.2 Å². The minimum atomic E-state index is -3.56. The zero-order valence-electron chi connectivity index (χ0n) is 16.8. The highest BCUT2D eigenvalue weighted by atomic mass is 35.5. The third-order valence-corrected chi connectivity index (χ3v) is 8.05. The number of nitrogens with zero attached hydrogens (tertiary/aromatic N) is 2. The van der Waals surface area contributed by atoms with E-state index < -0.39 is 10.0 Å². The summed E-state index contributed by atoms with van der Waals surface area (Å²) < 4.78 is 27.0. The maximum Gasteiger partial charge on any atom is 0.243 e. The average Bonchev–Trinajstić information content (AvgIpc) is 3.30. The van der Waals surface area contributed by atoms with Crippen molar-refractivity contribution in [2.75, 3.05) is 36.4 Å². The van der Waals surface area contributed by atoms with E-state index in [0.717, 1.165) is 18.8 Å². The Balaban J connectivity index is 1.32. The Morgan fingerprint density at radius 1 is 0.900 bits per heavy atom. The van der Waals surface area contributed by atoms with E-state index in [-0.39, 0.29) is 16.7 Å². The maximum atomic E-state index is 12.8. The van der Waals surface area contributed by atoms with Crippen molar-refractivity contribution in [3.8, 4) is 0 Å². The molecule has 2 aromatic rings. The largest absolute Gasteiger partial charge is 0.372 e. The molecule has 6 nitrogen and oxygen atoms in total. The Morgan fingerprint density at radius 2 is 1.50 bits per heavy atom. The molecule has 0 saturated carbocycles. The van der Waals surface area contributed by atoms with E-state index in [1.807, 2.05) is 24.3 Å². The predicted molar refractivity (Wildman–Crippen MR) is 119 cm³/mol. The molecule has 30 heavy (non-hydrogen) atoms. The van der Waals surface area contributed by atoms with Gasteiger partial charge in [-0.05, 0) is 74.2 Å². The second-order valence-corrected chi connectivity index (χ2v) is 10.2. The van der Waals surface area contributed by atoms with E-state index >= 15 is 0 Å². The lowest BCUT2D eigenvalue weighted by Gasteiger charge is -2.30. The first-order chi connectivity index (χ1) is 14.4. The van der Waals surface area contributed by atoms with Crippen LogP contribution in [0.1, 0.15) is 25.7 Å². The quantitative estimate of drug-likeness (QED) is 0.752. The number of piperidine rings is 1. The normalized spacial score (nSPS) is 18.5. The minimum Gasteiger partial charge on any atom is -0.372 e. The van der Waals surface area contributed by atoms with Crippen LogP contribution < -0.4 is 10.2 Å². The van der Waals surface area contributed by atoms with Gasteiger partial charge in [0.1, 0.15) is 0 Å². The number of sulfonamides is 1. The Labute approximate surface area is 182 Å². The molecule has 1 N–H and O–H groups in total. The van der Waals surface area contributed by atoms with Gasteiger partial charge < -0.3 is 10.2 Å². The van der Waals surface area contributed by atoms with Crippen molar-refractivity contribution in [2.45, 2.75) is 30.6 Å². The molecule has 2 aliphatic heterocycles. The number of hydrogen-bond donors (Lipinski definition) is 1. The van der Waals surface area contributed by atoms with Crippen molar-refractivity contribution >= 4 is 38.9 Å². The first-order valence-corrected chi connectivity index (χ1v) is 12.2. The zero-order valence-corrected chi connectivity index (χ0v) is 18.3. The van der Waals surface area contributed by atoms with Crippen LogP contribution in [-0.4, -0.2) is 44.8 Å². The van der Waals surface area contributed by atoms with Crippen LogP contribution in [-0.2, 0) is 14.8 Å². The number of benzene rings is 2. The third kappa shape index (κ3) is 4.63. The molecule has 0 spiro atoms. The fraction of sp³-hybridized carbons (Fsp3) is 0.409. The van der Waals surface area contributed by atoms with E-state index in [4.69, 9.17) is 11.6 Å². The zero-order chi connectivity index (χ0) is 21.1. The number of amides is 1. The monoisotopic (exact) mass is 447 g/mol. The van der Waals surface area contributed by atoms with Crippen LogP contribution in [0.5, 0.6) is 0 Å². The van der Waals surface area contributed by atoms with Gasteiger partial charge in [0.15, 0.2) is 0 Å². The summed E-state index contributed by atoms with van der Waals surface area (Å²) in [7, 11) is -3.56. The van der Waals surface area contributed by atoms with E-state index in [2.05, 4.69) is 10.2 Å². The Morgan fingerprint density at radius 3 is 2.10 bits per heavy atom. The van der Waals surface area contributed by atoms with E-state index in [1.54, 1.807) is 12.1 Å². The molecular weight excluding hydrogens is 422 g/mol. The van der Waals surface area contributed by atoms with Crippen LogP contribution in [0.25, 0.3) is 0 Å². The van der Waals surface area contributed by atoms with Gasteiger partial charge in [0, 0.05) is 48.5 Å². The number of hydrogen-bond acceptors (Lipinski definition) is 4. The molecular formula is C22H26ClN3O3S. The first kappa shape index (κ1) is 21.2. The van der Waals surface area contributed by atoms with Gasteiger partial charge in [-0.2, -0.15) is 4.31 Å². The Hall–Kier alpha value is -2.09. The lowest BCUT2D eigenvalue weighted by molar-refractivity contribution is -0.120. The second kappa shape index (κ2) is 8.96. The molecule has 2 fully saturated rings. The number of carbonyl (C=O) groups excluding carboxylic acids is 1. The van der Waals surface area contributed by atoms with Gasteiger partial charge in [0.25, 0.3) is 0 Å². The Bertz CT molecular complexity index is 979. The van der Waals surface area contributed by atoms with Gasteiger partial charge in [0.05, 0.1) is 4.90 Å². The summed E-state index contributed by atoms with van der Waals surface area (Å²) in [5.74, 6) is -0.243. The van der Waals surface area contributed by atoms with Crippen LogP contribution in [0.15, 0.2) is 53.4 Å². The van der Waals surface area contributed by atoms with Crippen molar-refractivity contribution in [3.05, 3.63) is 53.6 Å². The van der Waals surface area contributed by atoms with Gasteiger partial charge in [-0.1, -0.05) is 11.6 Å². The average molecular weight is 448 g/mol. The molecule has 0 unspecified atom stereocenters. The molecule has 4 rings (SSSR count). The number of anilines is 2. The summed E-state index contributed by atoms with van der Waals surface area (Å²) in [6.45, 7) is 2.83. The van der Waals surface area contributed by atoms with Gasteiger partial charge in [-0.25, -0.2) is 8.42 Å². The molecule has 0 radical (unpaired) electrons. The predicted octanol–water partition coefficient (Wildman–Crippen LogP) is 3.98. The van der Waals surface area contributed by atoms with Crippen molar-refractivity contribution in [3.63, 3.8) is 0 Å². The van der Waals surface area contributed by atoms with Gasteiger partial charge in [-0.15, -0.1) is 0 Å². The molecule has 2 heterocycles. The summed E-state index contributed by atoms with van der Waals surface area (Å²) in [6, 6.07) is 14.1. The first-order valence-electron chi connectivity index (χ1n) is 10.3. The molecule has 0 aliphatic carbocycles. The van der Waals surface area contributed by atoms with Crippen molar-refractivity contribution in [2.24, 2.45) is 5.92 Å². The van der Waals surface area contributed by atoms with Crippen molar-refractivity contribution in [1.29, 1.82) is 0 Å². The van der Waals surface area contributed by atoms with Crippen LogP contribution in [0, 0.1) is 5.92 Å². The van der Waals surface area contributed by atoms with E-state index in [0.29, 0.717) is 31.0 Å². The number of carbonyl (C=O) groups is 1. The topological polar surface area (TPSA) is 69.7 Å². The molecule has 2 saturated heterocycles. The van der Waals surface area contributed by atoms with Crippen LogP contribution in [0.4, 0.5) is 11.4 Å². The molecule has 0 aromatic heterocycles. The summed E-state index contributed by atoms with van der Waals surface area (Å²) >= 11 is 5.85. The molecule has 8 heteroatoms. The van der Waals surface area contributed by atoms with Crippen LogP contribution in [0.2, 0.25) is 5.02 Å². The fourth-order valence-corrected chi connectivity index (χ4v) is 5.68. The highest BCUT2D eigenvalue weighted by molar-refractivity contribution is 7.89. The molecule has 0 atom stereocenters. The lowest BCUT2D eigenvalue weighted by atomic mass is 9.97. The maximum absolute atomic E-state index is 12.8. The van der Waals surface area contributed by atoms with Crippen LogP contribution >= 0.6 is 11.6 Å². The van der Waals surface area contributed by atoms with Crippen molar-refractivity contribution in [1.82, 2.24) is 4.31 Å². The Kier molecular flexibility index (Phi) is 6.32. The van der Waals surface area contributed by atoms with Gasteiger partial charge >= 0.3 is 0 Å². The summed E-state index contributed by atoms with van der Waals surface area (Å²) in [5.41, 5.74) is 1.96. The van der Waals surface area contributed by atoms with E-state index in [9.17, 15) is 13.2 Å². The minimum absolute atomic E-state index is 0.0486. The fourth-order valence-electron chi connectivity index (χ4n) is 4.09. The molecule has 2 aromatic carbocycles. The molecule has 1 amide bonds. The standard InChI is InChI=1S/C22H26ClN3O3S/c23-18-3-9-21(10-4-18)30(28,29)26-15-11-17(12-16-26)22(27)24-19-5-7-20(8-6-19)25-13-1-2-14-25/h3-10,17H,1-2,11-16H2,(H,24,27). The van der Waals surface area contributed by atoms with Crippen LogP contribution in [0.3, 0.4) is 0 Å². The number of rotatable bonds is 5. The van der Waals surface area contributed by atoms with Gasteiger partial charge in [0.2, 0.25) is 15.9 Å². The second-order valence-electron chi connectivity index (χ2n) is 7.86. The summed E-state index contributed by atoms with van der Waals surface area (Å²) in [6.07, 6.45) is 3.46. The molecule has 160 valence electrons. The lowest BCUT2D eigenvalue weighted by Crippen LogP contribution is -2.41. The number of nitrogens with one attached hydrogen (secondary N) is 1. The number of halogens is 1. The third-order valence-electron chi connectivity index (χ3n) is 5.88.